The number of ether oxygens (including phenoxy) is 2. The van der Waals surface area contributed by atoms with Gasteiger partial charge in [0.05, 0.1) is 6.61 Å². The van der Waals surface area contributed by atoms with E-state index < -0.39 is 0 Å². The molecule has 1 rings (SSSR count). The summed E-state index contributed by atoms with van der Waals surface area (Å²) in [7, 11) is 1.63. The van der Waals surface area contributed by atoms with E-state index in [0.29, 0.717) is 31.2 Å². The molecule has 0 aromatic heterocycles. The topological polar surface area (TPSA) is 73.6 Å². The lowest BCUT2D eigenvalue weighted by Gasteiger charge is -2.18. The Kier molecular flexibility index (Phi) is 7.79. The molecule has 0 aliphatic heterocycles. The highest BCUT2D eigenvalue weighted by atomic mass is 16.5. The number of amides is 1. The fourth-order valence-electron chi connectivity index (χ4n) is 2.00. The molecular formula is C16H26N2O3. The molecular weight excluding hydrogens is 268 g/mol. The van der Waals surface area contributed by atoms with E-state index in [9.17, 15) is 4.79 Å². The maximum absolute atomic E-state index is 12.1. The number of hydrogen-bond donors (Lipinski definition) is 2. The second-order valence-electron chi connectivity index (χ2n) is 5.40. The van der Waals surface area contributed by atoms with Crippen LogP contribution in [0.25, 0.3) is 0 Å². The van der Waals surface area contributed by atoms with Gasteiger partial charge in [-0.1, -0.05) is 13.8 Å². The van der Waals surface area contributed by atoms with E-state index in [0.717, 1.165) is 12.2 Å². The second kappa shape index (κ2) is 9.37. The fourth-order valence-corrected chi connectivity index (χ4v) is 2.00. The number of nitrogens with one attached hydrogen (secondary N) is 1. The van der Waals surface area contributed by atoms with E-state index in [1.54, 1.807) is 31.4 Å². The molecule has 0 aliphatic rings. The summed E-state index contributed by atoms with van der Waals surface area (Å²) in [5.74, 6) is 1.12. The van der Waals surface area contributed by atoms with Crippen molar-refractivity contribution in [2.24, 2.45) is 11.7 Å². The van der Waals surface area contributed by atoms with Crippen molar-refractivity contribution in [3.8, 4) is 5.75 Å². The average molecular weight is 294 g/mol. The molecule has 0 radical (unpaired) electrons. The van der Waals surface area contributed by atoms with Gasteiger partial charge in [0, 0.05) is 25.3 Å². The predicted molar refractivity (Wildman–Crippen MR) is 83.6 cm³/mol. The third-order valence-electron chi connectivity index (χ3n) is 3.05. The Balaban J connectivity index is 2.53. The van der Waals surface area contributed by atoms with Crippen molar-refractivity contribution in [2.45, 2.75) is 26.3 Å². The van der Waals surface area contributed by atoms with Gasteiger partial charge in [-0.25, -0.2) is 0 Å². The Labute approximate surface area is 126 Å². The summed E-state index contributed by atoms with van der Waals surface area (Å²) >= 11 is 0. The van der Waals surface area contributed by atoms with Gasteiger partial charge in [0.1, 0.15) is 12.4 Å². The zero-order valence-corrected chi connectivity index (χ0v) is 13.1. The molecule has 1 aromatic carbocycles. The van der Waals surface area contributed by atoms with Crippen molar-refractivity contribution in [3.05, 3.63) is 29.8 Å². The normalized spacial score (nSPS) is 12.2. The van der Waals surface area contributed by atoms with E-state index in [-0.39, 0.29) is 11.9 Å². The number of rotatable bonds is 9. The van der Waals surface area contributed by atoms with Crippen LogP contribution >= 0.6 is 0 Å². The minimum absolute atomic E-state index is 0.00938. The van der Waals surface area contributed by atoms with Crippen LogP contribution in [0.1, 0.15) is 30.6 Å². The zero-order chi connectivity index (χ0) is 15.7. The lowest BCUT2D eigenvalue weighted by molar-refractivity contribution is 0.0933. The standard InChI is InChI=1S/C16H26N2O3/c1-12(2)10-14(11-17)18-16(19)13-4-6-15(7-5-13)21-9-8-20-3/h4-7,12,14H,8-11,17H2,1-3H3,(H,18,19). The minimum atomic E-state index is -0.102. The van der Waals surface area contributed by atoms with Crippen molar-refractivity contribution >= 4 is 5.91 Å². The fraction of sp³-hybridized carbons (Fsp3) is 0.562. The summed E-state index contributed by atoms with van der Waals surface area (Å²) in [5, 5.41) is 2.96. The van der Waals surface area contributed by atoms with Crippen molar-refractivity contribution in [1.29, 1.82) is 0 Å². The lowest BCUT2D eigenvalue weighted by atomic mass is 10.0. The van der Waals surface area contributed by atoms with Crippen LogP contribution in [-0.4, -0.2) is 38.8 Å². The molecule has 1 amide bonds. The van der Waals surface area contributed by atoms with Gasteiger partial charge in [0.25, 0.3) is 5.91 Å². The molecule has 118 valence electrons. The number of hydrogen-bond acceptors (Lipinski definition) is 4. The highest BCUT2D eigenvalue weighted by molar-refractivity contribution is 5.94. The molecule has 0 fully saturated rings. The molecule has 0 bridgehead atoms. The maximum atomic E-state index is 12.1. The molecule has 1 aromatic rings. The third kappa shape index (κ3) is 6.60. The van der Waals surface area contributed by atoms with Gasteiger partial charge in [-0.15, -0.1) is 0 Å². The maximum Gasteiger partial charge on any atom is 0.251 e. The number of carbonyl (C=O) groups is 1. The van der Waals surface area contributed by atoms with Gasteiger partial charge in [-0.3, -0.25) is 4.79 Å². The van der Waals surface area contributed by atoms with Gasteiger partial charge in [0.15, 0.2) is 0 Å². The summed E-state index contributed by atoms with van der Waals surface area (Å²) in [6.07, 6.45) is 0.875. The summed E-state index contributed by atoms with van der Waals surface area (Å²) in [5.41, 5.74) is 6.30. The van der Waals surface area contributed by atoms with Crippen molar-refractivity contribution in [1.82, 2.24) is 5.32 Å². The first-order chi connectivity index (χ1) is 10.1. The van der Waals surface area contributed by atoms with Gasteiger partial charge < -0.3 is 20.5 Å². The highest BCUT2D eigenvalue weighted by Gasteiger charge is 2.13. The van der Waals surface area contributed by atoms with Crippen molar-refractivity contribution in [3.63, 3.8) is 0 Å². The molecule has 5 nitrogen and oxygen atoms in total. The van der Waals surface area contributed by atoms with Gasteiger partial charge in [-0.2, -0.15) is 0 Å². The van der Waals surface area contributed by atoms with Gasteiger partial charge >= 0.3 is 0 Å². The predicted octanol–water partition coefficient (Wildman–Crippen LogP) is 1.81. The smallest absolute Gasteiger partial charge is 0.251 e. The Hall–Kier alpha value is -1.59. The van der Waals surface area contributed by atoms with Crippen molar-refractivity contribution < 1.29 is 14.3 Å². The van der Waals surface area contributed by atoms with Crippen LogP contribution < -0.4 is 15.8 Å². The number of nitrogens with two attached hydrogens (primary N) is 1. The number of benzene rings is 1. The summed E-state index contributed by atoms with van der Waals surface area (Å²) < 4.78 is 10.4. The molecule has 5 heteroatoms. The summed E-state index contributed by atoms with van der Waals surface area (Å²) in [6.45, 7) is 5.70. The van der Waals surface area contributed by atoms with Crippen LogP contribution in [0, 0.1) is 5.92 Å². The molecule has 1 unspecified atom stereocenters. The molecule has 21 heavy (non-hydrogen) atoms. The van der Waals surface area contributed by atoms with Crippen LogP contribution in [0.2, 0.25) is 0 Å². The lowest BCUT2D eigenvalue weighted by Crippen LogP contribution is -2.41. The van der Waals surface area contributed by atoms with E-state index in [4.69, 9.17) is 15.2 Å². The van der Waals surface area contributed by atoms with E-state index in [1.807, 2.05) is 0 Å². The average Bonchev–Trinajstić information content (AvgIpc) is 2.47. The van der Waals surface area contributed by atoms with Crippen LogP contribution in [0.15, 0.2) is 24.3 Å². The Morgan fingerprint density at radius 2 is 1.90 bits per heavy atom. The van der Waals surface area contributed by atoms with Crippen molar-refractivity contribution in [2.75, 3.05) is 26.9 Å². The van der Waals surface area contributed by atoms with Gasteiger partial charge in [0.2, 0.25) is 0 Å². The SMILES string of the molecule is COCCOc1ccc(C(=O)NC(CN)CC(C)C)cc1. The van der Waals surface area contributed by atoms with E-state index >= 15 is 0 Å². The van der Waals surface area contributed by atoms with Crippen LogP contribution in [0.5, 0.6) is 5.75 Å². The number of carbonyl (C=O) groups excluding carboxylic acids is 1. The first-order valence-electron chi connectivity index (χ1n) is 7.29. The molecule has 0 aliphatic carbocycles. The van der Waals surface area contributed by atoms with Crippen LogP contribution in [-0.2, 0) is 4.74 Å². The molecule has 1 atom stereocenters. The Bertz CT molecular complexity index is 418. The van der Waals surface area contributed by atoms with E-state index in [1.165, 1.54) is 0 Å². The summed E-state index contributed by atoms with van der Waals surface area (Å²) in [4.78, 5) is 12.1. The first kappa shape index (κ1) is 17.5. The molecule has 0 spiro atoms. The first-order valence-corrected chi connectivity index (χ1v) is 7.29. The second-order valence-corrected chi connectivity index (χ2v) is 5.40. The Morgan fingerprint density at radius 3 is 2.43 bits per heavy atom. The van der Waals surface area contributed by atoms with Crippen LogP contribution in [0.3, 0.4) is 0 Å². The van der Waals surface area contributed by atoms with Gasteiger partial charge in [-0.05, 0) is 36.6 Å². The molecule has 0 saturated carbocycles. The number of methoxy groups -OCH3 is 1. The Morgan fingerprint density at radius 1 is 1.24 bits per heavy atom. The molecule has 3 N–H and O–H groups in total. The summed E-state index contributed by atoms with van der Waals surface area (Å²) in [6, 6.07) is 7.07. The van der Waals surface area contributed by atoms with E-state index in [2.05, 4.69) is 19.2 Å². The van der Waals surface area contributed by atoms with Crippen LogP contribution in [0.4, 0.5) is 0 Å². The minimum Gasteiger partial charge on any atom is -0.491 e. The third-order valence-corrected chi connectivity index (χ3v) is 3.05. The highest BCUT2D eigenvalue weighted by Crippen LogP contribution is 2.13. The molecule has 0 saturated heterocycles. The monoisotopic (exact) mass is 294 g/mol. The largest absolute Gasteiger partial charge is 0.491 e. The molecule has 0 heterocycles. The zero-order valence-electron chi connectivity index (χ0n) is 13.1. The quantitative estimate of drug-likeness (QED) is 0.681.